The van der Waals surface area contributed by atoms with Crippen LogP contribution in [-0.2, 0) is 0 Å². The molecule has 228 valence electrons. The van der Waals surface area contributed by atoms with Gasteiger partial charge in [0.2, 0.25) is 5.65 Å². The predicted molar refractivity (Wildman–Crippen MR) is 198 cm³/mol. The van der Waals surface area contributed by atoms with E-state index in [0.717, 1.165) is 58.4 Å². The van der Waals surface area contributed by atoms with Crippen LogP contribution in [0.1, 0.15) is 0 Å². The van der Waals surface area contributed by atoms with E-state index in [0.29, 0.717) is 39.9 Å². The van der Waals surface area contributed by atoms with E-state index in [1.807, 2.05) is 91.1 Å². The van der Waals surface area contributed by atoms with Gasteiger partial charge in [-0.05, 0) is 41.1 Å². The second-order valence-electron chi connectivity index (χ2n) is 11.7. The molecule has 5 aromatic carbocycles. The Morgan fingerprint density at radius 1 is 0.367 bits per heavy atom. The fourth-order valence-electron chi connectivity index (χ4n) is 6.16. The molecule has 9 heteroatoms. The van der Waals surface area contributed by atoms with Crippen molar-refractivity contribution in [2.75, 3.05) is 0 Å². The van der Waals surface area contributed by atoms with Gasteiger partial charge in [-0.2, -0.15) is 0 Å². The molecule has 49 heavy (non-hydrogen) atoms. The van der Waals surface area contributed by atoms with Crippen LogP contribution >= 0.6 is 11.3 Å². The SMILES string of the molecule is c1ccc(-c2nc3nc(n2)c2ccc4sc5cnc(nc5c4c2)c2nc(-c4ccccc4)nc(n2)c2cccc(c2)c2cccc3c2)cc1. The number of rotatable bonds is 2. The van der Waals surface area contributed by atoms with Crippen molar-refractivity contribution in [2.24, 2.45) is 0 Å². The van der Waals surface area contributed by atoms with Gasteiger partial charge in [0.15, 0.2) is 34.2 Å². The van der Waals surface area contributed by atoms with Crippen LogP contribution in [0.5, 0.6) is 0 Å². The topological polar surface area (TPSA) is 103 Å². The number of hydrogen-bond acceptors (Lipinski definition) is 9. The lowest BCUT2D eigenvalue weighted by molar-refractivity contribution is 1.16. The molecule has 0 aliphatic carbocycles. The molecule has 0 aliphatic heterocycles. The highest BCUT2D eigenvalue weighted by Crippen LogP contribution is 2.34. The molecule has 10 rings (SSSR count). The van der Waals surface area contributed by atoms with E-state index in [2.05, 4.69) is 42.5 Å². The zero-order valence-corrected chi connectivity index (χ0v) is 26.5. The molecule has 0 amide bonds. The quantitative estimate of drug-likeness (QED) is 0.183. The normalized spacial score (nSPS) is 11.7. The van der Waals surface area contributed by atoms with Crippen LogP contribution < -0.4 is 0 Å². The van der Waals surface area contributed by atoms with Gasteiger partial charge in [0.1, 0.15) is 0 Å². The van der Waals surface area contributed by atoms with Crippen molar-refractivity contribution < 1.29 is 0 Å². The molecule has 5 heterocycles. The van der Waals surface area contributed by atoms with Crippen LogP contribution in [0.3, 0.4) is 0 Å². The van der Waals surface area contributed by atoms with Gasteiger partial charge in [-0.15, -0.1) is 11.3 Å². The van der Waals surface area contributed by atoms with E-state index in [9.17, 15) is 0 Å². The number of hydrogen-bond donors (Lipinski definition) is 0. The van der Waals surface area contributed by atoms with Crippen molar-refractivity contribution in [3.63, 3.8) is 0 Å². The fraction of sp³-hybridized carbons (Fsp3) is 0. The molecule has 10 aromatic rings. The number of aromatic nitrogens is 8. The maximum absolute atomic E-state index is 5.08. The highest BCUT2D eigenvalue weighted by Gasteiger charge is 2.13. The largest absolute Gasteiger partial charge is 0.232 e. The van der Waals surface area contributed by atoms with Gasteiger partial charge in [0.05, 0.1) is 10.2 Å². The molecule has 0 atom stereocenters. The van der Waals surface area contributed by atoms with E-state index in [1.165, 1.54) is 0 Å². The molecule has 0 unspecified atom stereocenters. The minimum Gasteiger partial charge on any atom is -0.232 e. The second kappa shape index (κ2) is 11.0. The first kappa shape index (κ1) is 27.5. The second-order valence-corrected chi connectivity index (χ2v) is 12.8. The molecule has 0 saturated heterocycles. The van der Waals surface area contributed by atoms with Gasteiger partial charge in [-0.1, -0.05) is 97.1 Å². The number of fused-ring (bicyclic) bond motifs is 15. The summed E-state index contributed by atoms with van der Waals surface area (Å²) in [6, 6.07) is 42.7. The average molecular weight is 647 g/mol. The van der Waals surface area contributed by atoms with Crippen molar-refractivity contribution in [3.05, 3.63) is 134 Å². The molecular weight excluding hydrogens is 625 g/mol. The zero-order valence-electron chi connectivity index (χ0n) is 25.7. The smallest absolute Gasteiger partial charge is 0.201 e. The molecule has 12 bridgehead atoms. The van der Waals surface area contributed by atoms with Crippen LogP contribution in [0.15, 0.2) is 134 Å². The highest BCUT2D eigenvalue weighted by molar-refractivity contribution is 7.25. The maximum atomic E-state index is 5.08. The molecule has 0 aliphatic rings. The molecule has 8 nitrogen and oxygen atoms in total. The van der Waals surface area contributed by atoms with Crippen molar-refractivity contribution in [2.45, 2.75) is 0 Å². The molecule has 0 radical (unpaired) electrons. The van der Waals surface area contributed by atoms with Crippen molar-refractivity contribution in [3.8, 4) is 22.8 Å². The van der Waals surface area contributed by atoms with Crippen LogP contribution in [0.2, 0.25) is 0 Å². The summed E-state index contributed by atoms with van der Waals surface area (Å²) in [5.74, 6) is 1.16. The molecule has 5 aromatic heterocycles. The maximum Gasteiger partial charge on any atom is 0.201 e. The first-order valence-electron chi connectivity index (χ1n) is 15.8. The summed E-state index contributed by atoms with van der Waals surface area (Å²) in [4.78, 5) is 39.6. The Balaban J connectivity index is 1.40. The monoisotopic (exact) mass is 646 g/mol. The van der Waals surface area contributed by atoms with E-state index in [1.54, 1.807) is 11.3 Å². The summed E-state index contributed by atoms with van der Waals surface area (Å²) in [6.07, 6.45) is 1.85. The molecule has 0 spiro atoms. The van der Waals surface area contributed by atoms with E-state index in [4.69, 9.17) is 39.9 Å². The molecule has 0 N–H and O–H groups in total. The Morgan fingerprint density at radius 3 is 1.51 bits per heavy atom. The molecule has 0 saturated carbocycles. The minimum atomic E-state index is 0.407. The van der Waals surface area contributed by atoms with Gasteiger partial charge < -0.3 is 0 Å². The van der Waals surface area contributed by atoms with E-state index >= 15 is 0 Å². The summed E-state index contributed by atoms with van der Waals surface area (Å²) in [7, 11) is 0. The van der Waals surface area contributed by atoms with Crippen LogP contribution in [-0.4, -0.2) is 39.9 Å². The predicted octanol–water partition coefficient (Wildman–Crippen LogP) is 9.44. The summed E-state index contributed by atoms with van der Waals surface area (Å²) in [5, 5.41) is 5.61. The first-order valence-corrected chi connectivity index (χ1v) is 16.6. The summed E-state index contributed by atoms with van der Waals surface area (Å²) in [5.41, 5.74) is 5.18. The zero-order chi connectivity index (χ0) is 32.3. The van der Waals surface area contributed by atoms with E-state index in [-0.39, 0.29) is 0 Å². The summed E-state index contributed by atoms with van der Waals surface area (Å²) >= 11 is 1.64. The third-order valence-electron chi connectivity index (χ3n) is 8.58. The van der Waals surface area contributed by atoms with Gasteiger partial charge in [-0.3, -0.25) is 0 Å². The third-order valence-corrected chi connectivity index (χ3v) is 9.67. The Bertz CT molecular complexity index is 2800. The Kier molecular flexibility index (Phi) is 6.18. The lowest BCUT2D eigenvalue weighted by Gasteiger charge is -2.04. The van der Waals surface area contributed by atoms with Gasteiger partial charge >= 0.3 is 0 Å². The van der Waals surface area contributed by atoms with Crippen LogP contribution in [0, 0.1) is 0 Å². The Hall–Kier alpha value is -6.58. The highest BCUT2D eigenvalue weighted by atomic mass is 32.1. The Morgan fingerprint density at radius 2 is 0.898 bits per heavy atom. The lowest BCUT2D eigenvalue weighted by atomic mass is 10.1. The van der Waals surface area contributed by atoms with Gasteiger partial charge in [-0.25, -0.2) is 39.9 Å². The number of thiophene rings is 1. The van der Waals surface area contributed by atoms with Crippen LogP contribution in [0.25, 0.3) is 98.2 Å². The van der Waals surface area contributed by atoms with Crippen molar-refractivity contribution in [1.29, 1.82) is 0 Å². The minimum absolute atomic E-state index is 0.407. The van der Waals surface area contributed by atoms with E-state index < -0.39 is 0 Å². The molecule has 0 fully saturated rings. The standard InChI is InChI=1S/C40H22N8S/c1-3-9-23(10-4-1)34-43-36-27-15-7-13-25(19-27)26-14-8-16-28(20-26)37-45-35(24-11-5-2-6-12-24)47-40(48-37)39-41-22-32-33(42-39)30-21-29(38(44-34)46-36)17-18-31(30)49-32/h1-22H. The fourth-order valence-corrected chi connectivity index (χ4v) is 7.15. The summed E-state index contributed by atoms with van der Waals surface area (Å²) in [6.45, 7) is 0. The molecular formula is C40H22N8S. The Labute approximate surface area is 282 Å². The van der Waals surface area contributed by atoms with Crippen molar-refractivity contribution >= 4 is 86.8 Å². The van der Waals surface area contributed by atoms with Crippen molar-refractivity contribution in [1.82, 2.24) is 39.9 Å². The lowest BCUT2D eigenvalue weighted by Crippen LogP contribution is -1.96. The van der Waals surface area contributed by atoms with Gasteiger partial charge in [0, 0.05) is 43.6 Å². The third kappa shape index (κ3) is 4.83. The van der Waals surface area contributed by atoms with Crippen LogP contribution in [0.4, 0.5) is 0 Å². The average Bonchev–Trinajstić information content (AvgIpc) is 3.55. The number of nitrogens with zero attached hydrogens (tertiary/aromatic N) is 8. The number of benzene rings is 5. The van der Waals surface area contributed by atoms with Gasteiger partial charge in [0.25, 0.3) is 0 Å². The first-order chi connectivity index (χ1) is 24.2. The summed E-state index contributed by atoms with van der Waals surface area (Å²) < 4.78 is 2.05.